The van der Waals surface area contributed by atoms with Crippen LogP contribution in [0.3, 0.4) is 0 Å². The Bertz CT molecular complexity index is 166. The Hall–Kier alpha value is 0. The summed E-state index contributed by atoms with van der Waals surface area (Å²) in [6.45, 7) is 2.48. The number of hydrogen-bond donors (Lipinski definition) is 0. The van der Waals surface area contributed by atoms with Crippen molar-refractivity contribution in [2.24, 2.45) is 16.7 Å². The van der Waals surface area contributed by atoms with Gasteiger partial charge in [0, 0.05) is 0 Å². The lowest BCUT2D eigenvalue weighted by molar-refractivity contribution is -0.223. The monoisotopic (exact) mass is 150 g/mol. The summed E-state index contributed by atoms with van der Waals surface area (Å²) in [5.74, 6) is 1.16. The summed E-state index contributed by atoms with van der Waals surface area (Å²) in [5, 5.41) is 0. The highest BCUT2D eigenvalue weighted by atomic mass is 14.7. The van der Waals surface area contributed by atoms with Crippen molar-refractivity contribution < 1.29 is 0 Å². The Balaban J connectivity index is 1.72. The minimum absolute atomic E-state index is 0.836. The second-order valence-electron chi connectivity index (χ2n) is 5.68. The van der Waals surface area contributed by atoms with Gasteiger partial charge in [-0.25, -0.2) is 0 Å². The lowest BCUT2D eigenvalue weighted by Gasteiger charge is -2.72. The maximum Gasteiger partial charge on any atom is -0.0254 e. The van der Waals surface area contributed by atoms with Gasteiger partial charge in [0.05, 0.1) is 0 Å². The predicted octanol–water partition coefficient (Wildman–Crippen LogP) is 3.37. The van der Waals surface area contributed by atoms with Crippen molar-refractivity contribution in [1.29, 1.82) is 0 Å². The van der Waals surface area contributed by atoms with Crippen LogP contribution in [0.2, 0.25) is 0 Å². The summed E-state index contributed by atoms with van der Waals surface area (Å²) in [5.41, 5.74) is 1.74. The fraction of sp³-hybridized carbons (Fsp3) is 1.00. The van der Waals surface area contributed by atoms with Crippen molar-refractivity contribution in [2.75, 3.05) is 0 Å². The van der Waals surface area contributed by atoms with E-state index in [0.717, 1.165) is 16.7 Å². The molecule has 2 bridgehead atoms. The van der Waals surface area contributed by atoms with E-state index in [4.69, 9.17) is 0 Å². The Kier molecular flexibility index (Phi) is 0.990. The molecule has 0 atom stereocenters. The Labute approximate surface area is 69.4 Å². The SMILES string of the molecule is CC12CC(C3CCCC3)(C1)C2. The fourth-order valence-electron chi connectivity index (χ4n) is 4.37. The molecule has 0 radical (unpaired) electrons. The van der Waals surface area contributed by atoms with E-state index in [9.17, 15) is 0 Å². The molecule has 4 saturated carbocycles. The van der Waals surface area contributed by atoms with Crippen molar-refractivity contribution in [3.8, 4) is 0 Å². The normalized spacial score (nSPS) is 55.4. The van der Waals surface area contributed by atoms with Crippen LogP contribution in [-0.2, 0) is 0 Å². The summed E-state index contributed by atoms with van der Waals surface area (Å²) in [6, 6.07) is 0. The van der Waals surface area contributed by atoms with Gasteiger partial charge in [-0.2, -0.15) is 0 Å². The summed E-state index contributed by atoms with van der Waals surface area (Å²) >= 11 is 0. The van der Waals surface area contributed by atoms with Crippen molar-refractivity contribution in [3.63, 3.8) is 0 Å². The molecule has 4 aliphatic carbocycles. The van der Waals surface area contributed by atoms with E-state index >= 15 is 0 Å². The van der Waals surface area contributed by atoms with Crippen molar-refractivity contribution >= 4 is 0 Å². The first-order chi connectivity index (χ1) is 5.23. The molecule has 11 heavy (non-hydrogen) atoms. The van der Waals surface area contributed by atoms with Gasteiger partial charge in [0.1, 0.15) is 0 Å². The molecule has 0 N–H and O–H groups in total. The maximum absolute atomic E-state index is 2.48. The molecular formula is C11H18. The van der Waals surface area contributed by atoms with Crippen LogP contribution in [0.4, 0.5) is 0 Å². The molecule has 0 aliphatic heterocycles. The van der Waals surface area contributed by atoms with Crippen LogP contribution in [0.1, 0.15) is 51.9 Å². The largest absolute Gasteiger partial charge is 0.0596 e. The average Bonchev–Trinajstić information content (AvgIpc) is 2.28. The molecule has 0 heterocycles. The molecule has 0 aromatic heterocycles. The molecular weight excluding hydrogens is 132 g/mol. The van der Waals surface area contributed by atoms with E-state index in [2.05, 4.69) is 6.92 Å². The molecule has 4 rings (SSSR count). The first kappa shape index (κ1) is 6.51. The van der Waals surface area contributed by atoms with Gasteiger partial charge in [-0.05, 0) is 48.9 Å². The molecule has 62 valence electrons. The Morgan fingerprint density at radius 3 is 2.00 bits per heavy atom. The fourth-order valence-corrected chi connectivity index (χ4v) is 4.37. The molecule has 0 aromatic carbocycles. The topological polar surface area (TPSA) is 0 Å². The van der Waals surface area contributed by atoms with Crippen LogP contribution < -0.4 is 0 Å². The zero-order valence-corrected chi connectivity index (χ0v) is 7.53. The van der Waals surface area contributed by atoms with Gasteiger partial charge < -0.3 is 0 Å². The van der Waals surface area contributed by atoms with Gasteiger partial charge in [0.15, 0.2) is 0 Å². The molecule has 0 heteroatoms. The highest BCUT2D eigenvalue weighted by Gasteiger charge is 2.67. The third kappa shape index (κ3) is 0.666. The second-order valence-corrected chi connectivity index (χ2v) is 5.68. The highest BCUT2D eigenvalue weighted by molar-refractivity contribution is 5.17. The summed E-state index contributed by atoms with van der Waals surface area (Å²) < 4.78 is 0. The predicted molar refractivity (Wildman–Crippen MR) is 46.3 cm³/mol. The molecule has 0 amide bonds. The Morgan fingerprint density at radius 2 is 1.55 bits per heavy atom. The first-order valence-electron chi connectivity index (χ1n) is 5.23. The molecule has 0 nitrogen and oxygen atoms in total. The molecule has 0 spiro atoms. The molecule has 4 fully saturated rings. The van der Waals surface area contributed by atoms with E-state index in [0.29, 0.717) is 0 Å². The summed E-state index contributed by atoms with van der Waals surface area (Å²) in [6.07, 6.45) is 11.0. The van der Waals surface area contributed by atoms with Crippen LogP contribution in [0.25, 0.3) is 0 Å². The summed E-state index contributed by atoms with van der Waals surface area (Å²) in [4.78, 5) is 0. The smallest absolute Gasteiger partial charge is 0.0254 e. The minimum atomic E-state index is 0.836. The van der Waals surface area contributed by atoms with E-state index in [1.165, 1.54) is 12.8 Å². The van der Waals surface area contributed by atoms with Gasteiger partial charge in [0.25, 0.3) is 0 Å². The van der Waals surface area contributed by atoms with Gasteiger partial charge in [-0.3, -0.25) is 0 Å². The van der Waals surface area contributed by atoms with E-state index < -0.39 is 0 Å². The Morgan fingerprint density at radius 1 is 1.00 bits per heavy atom. The maximum atomic E-state index is 2.48. The molecule has 0 saturated heterocycles. The van der Waals surface area contributed by atoms with Crippen molar-refractivity contribution in [1.82, 2.24) is 0 Å². The minimum Gasteiger partial charge on any atom is -0.0596 e. The van der Waals surface area contributed by atoms with Crippen LogP contribution >= 0.6 is 0 Å². The van der Waals surface area contributed by atoms with Crippen molar-refractivity contribution in [2.45, 2.75) is 51.9 Å². The van der Waals surface area contributed by atoms with Gasteiger partial charge in [-0.1, -0.05) is 19.8 Å². The van der Waals surface area contributed by atoms with E-state index in [1.54, 1.807) is 32.1 Å². The van der Waals surface area contributed by atoms with Gasteiger partial charge >= 0.3 is 0 Å². The average molecular weight is 150 g/mol. The quantitative estimate of drug-likeness (QED) is 0.537. The molecule has 0 aromatic rings. The van der Waals surface area contributed by atoms with Crippen LogP contribution in [-0.4, -0.2) is 0 Å². The third-order valence-electron chi connectivity index (χ3n) is 4.56. The number of hydrogen-bond acceptors (Lipinski definition) is 0. The standard InChI is InChI=1S/C11H18/c1-10-6-11(7-10,8-10)9-4-2-3-5-9/h9H,2-8H2,1H3. The molecule has 4 aliphatic rings. The van der Waals surface area contributed by atoms with Gasteiger partial charge in [0.2, 0.25) is 0 Å². The third-order valence-corrected chi connectivity index (χ3v) is 4.56. The van der Waals surface area contributed by atoms with Crippen LogP contribution in [0, 0.1) is 16.7 Å². The van der Waals surface area contributed by atoms with Crippen molar-refractivity contribution in [3.05, 3.63) is 0 Å². The lowest BCUT2D eigenvalue weighted by Crippen LogP contribution is -2.62. The lowest BCUT2D eigenvalue weighted by atomic mass is 9.32. The zero-order valence-electron chi connectivity index (χ0n) is 7.53. The number of rotatable bonds is 1. The van der Waals surface area contributed by atoms with E-state index in [-0.39, 0.29) is 0 Å². The summed E-state index contributed by atoms with van der Waals surface area (Å²) in [7, 11) is 0. The van der Waals surface area contributed by atoms with Crippen LogP contribution in [0.15, 0.2) is 0 Å². The van der Waals surface area contributed by atoms with E-state index in [1.807, 2.05) is 0 Å². The first-order valence-corrected chi connectivity index (χ1v) is 5.23. The van der Waals surface area contributed by atoms with Gasteiger partial charge in [-0.15, -0.1) is 0 Å². The zero-order chi connectivity index (χ0) is 7.53. The molecule has 0 unspecified atom stereocenters. The van der Waals surface area contributed by atoms with Crippen LogP contribution in [0.5, 0.6) is 0 Å². The second kappa shape index (κ2) is 1.67. The highest BCUT2D eigenvalue weighted by Crippen LogP contribution is 2.77.